The van der Waals surface area contributed by atoms with Gasteiger partial charge in [0.1, 0.15) is 183 Å². The monoisotopic (exact) mass is 2160 g/mol. The van der Waals surface area contributed by atoms with Crippen LogP contribution in [0, 0.1) is 0 Å². The number of hydrogen-bond donors (Lipinski definition) is 8. The van der Waals surface area contributed by atoms with Crippen LogP contribution in [0.3, 0.4) is 0 Å². The Morgan fingerprint density at radius 1 is 0.184 bits per heavy atom. The topological polar surface area (TPSA) is 767 Å². The predicted octanol–water partition coefficient (Wildman–Crippen LogP) is 3.91. The summed E-state index contributed by atoms with van der Waals surface area (Å²) >= 11 is 0. The molecule has 0 fully saturated rings. The largest absolute Gasteiger partial charge is 0.508 e. The van der Waals surface area contributed by atoms with Crippen LogP contribution in [0.25, 0.3) is 0 Å². The van der Waals surface area contributed by atoms with Crippen molar-refractivity contribution in [2.75, 3.05) is 246 Å². The first kappa shape index (κ1) is 146. The Bertz CT molecular complexity index is 3510. The minimum atomic E-state index is -1.31. The zero-order chi connectivity index (χ0) is 113. The van der Waals surface area contributed by atoms with E-state index in [4.69, 9.17) is 136 Å². The van der Waals surface area contributed by atoms with Crippen LogP contribution >= 0.6 is 0 Å². The summed E-state index contributed by atoms with van der Waals surface area (Å²) in [4.78, 5) is 182. The lowest BCUT2D eigenvalue weighted by atomic mass is 10.1. The fourth-order valence-corrected chi connectivity index (χ4v) is 7.33. The molecule has 11 unspecified atom stereocenters. The van der Waals surface area contributed by atoms with Crippen LogP contribution in [0.1, 0.15) is 132 Å². The minimum Gasteiger partial charge on any atom is -0.461 e. The van der Waals surface area contributed by atoms with Gasteiger partial charge in [0, 0.05) is 28.4 Å². The number of ether oxygens (including phenoxy) is 36. The normalized spacial score (nSPS) is 13.0. The zero-order valence-electron chi connectivity index (χ0n) is 87.5. The van der Waals surface area contributed by atoms with E-state index >= 15 is 0 Å². The predicted molar refractivity (Wildman–Crippen MR) is 486 cm³/mol. The number of aliphatic hydroxyl groups is 8. The molecule has 0 amide bonds. The fourth-order valence-electron chi connectivity index (χ4n) is 7.33. The number of rotatable bonds is 66. The van der Waals surface area contributed by atoms with Crippen LogP contribution in [-0.2, 0) is 190 Å². The molecule has 0 aromatic rings. The lowest BCUT2D eigenvalue weighted by molar-refractivity contribution is -0.172. The van der Waals surface area contributed by atoms with E-state index in [9.17, 15) is 76.7 Å². The molecular formula is C87H154O60. The molecule has 60 nitrogen and oxygen atoms in total. The number of esters is 4. The molecule has 0 saturated carbocycles. The van der Waals surface area contributed by atoms with Crippen molar-refractivity contribution in [2.24, 2.45) is 0 Å². The highest BCUT2D eigenvalue weighted by Gasteiger charge is 2.35. The summed E-state index contributed by atoms with van der Waals surface area (Å²) in [6.45, 7) is 24.3. The van der Waals surface area contributed by atoms with Crippen molar-refractivity contribution < 1.29 is 288 Å². The van der Waals surface area contributed by atoms with Gasteiger partial charge in [-0.1, -0.05) is 0 Å². The van der Waals surface area contributed by atoms with E-state index in [2.05, 4.69) is 75.8 Å². The summed E-state index contributed by atoms with van der Waals surface area (Å²) in [5.41, 5.74) is -5.12. The third kappa shape index (κ3) is 97.6. The van der Waals surface area contributed by atoms with Crippen LogP contribution in [0.5, 0.6) is 0 Å². The second-order valence-electron chi connectivity index (χ2n) is 31.2. The molecule has 0 aliphatic rings. The third-order valence-corrected chi connectivity index (χ3v) is 15.0. The first-order chi connectivity index (χ1) is 68.9. The molecule has 0 rings (SSSR count). The van der Waals surface area contributed by atoms with Gasteiger partial charge in [-0.3, -0.25) is 0 Å². The molecule has 11 atom stereocenters. The molecule has 862 valence electrons. The standard InChI is InChI=1S/C24H42O14.C23H40O14.2C11H20O8.2C9H16O8/c1-16(25)13-33-19(26)23(4,5)36-11-9-31-21(28)35-15-18(3)38-22(29)32-10-12-37-24(6,7)20(27)34-14-17(2)30-8;1-16(24)14-34-18(25)22(3,4)36-12-10-32-20(27)30-8-9-31-21(28)33-11-13-37-23(5,6)19(26)35-15-17(2)29-7;1-7(12)4-16-10(14)18-6-9(3)19-11(15)17-5-8(2)13;1-8(12)6-18-10(13)16-4-5-17-11(14)19-7-9(2)15-3;1-7(17-9(13)15-5-3-11)6-16-8(12)14-4-2-10;1-13-4-5-15-9(12)17-7-6-16-8(11)14-3-2-10/h16-18,25H,9-15H2,1-8H3;16-17,24H,8-15H2,1-7H3;7-9,12-13H,4-6H2,1-3H3;8-9,12H,4-7H2,1-3H3;7,10-11H,2-6H2,1H3;10H,2-7H2,1H3. The van der Waals surface area contributed by atoms with Crippen LogP contribution < -0.4 is 0 Å². The van der Waals surface area contributed by atoms with Gasteiger partial charge in [0.25, 0.3) is 0 Å². The molecule has 0 aliphatic heterocycles. The number of carbonyl (C=O) groups is 16. The average Bonchev–Trinajstić information content (AvgIpc) is 0.895. The molecular weight excluding hydrogens is 2000 g/mol. The van der Waals surface area contributed by atoms with Gasteiger partial charge in [-0.05, 0) is 132 Å². The van der Waals surface area contributed by atoms with E-state index in [1.807, 2.05) is 0 Å². The lowest BCUT2D eigenvalue weighted by Crippen LogP contribution is -2.39. The number of hydrogen-bond acceptors (Lipinski definition) is 60. The SMILES string of the molecule is CC(COC(=O)OCCO)OC(=O)OCCO.CC(O)COC(=O)OCC(C)OC(=O)OCC(C)O.COC(C)COC(=O)C(C)(C)OCCOC(=O)OC(C)COC(=O)OCCOC(C)(C)C(=O)OCC(C)O.COC(C)COC(=O)C(C)(C)OCCOC(=O)OCCOC(=O)OCCOC(C)(C)C(=O)OCC(C)O.COC(C)COC(=O)OCCOC(=O)OCC(C)O.COCCOC(=O)OCCOC(=O)OCCO. The van der Waals surface area contributed by atoms with E-state index in [1.165, 1.54) is 139 Å². The van der Waals surface area contributed by atoms with E-state index in [0.717, 1.165) is 0 Å². The van der Waals surface area contributed by atoms with Crippen molar-refractivity contribution >= 4 is 97.7 Å². The lowest BCUT2D eigenvalue weighted by Gasteiger charge is -2.24. The maximum atomic E-state index is 12.1. The summed E-state index contributed by atoms with van der Waals surface area (Å²) < 4.78 is 172. The maximum Gasteiger partial charge on any atom is 0.508 e. The molecule has 0 aromatic heterocycles. The molecule has 0 spiro atoms. The van der Waals surface area contributed by atoms with Gasteiger partial charge in [0.05, 0.1) is 102 Å². The van der Waals surface area contributed by atoms with Crippen LogP contribution in [0.4, 0.5) is 57.5 Å². The molecule has 60 heteroatoms. The number of carbonyl (C=O) groups excluding carboxylic acids is 16. The summed E-state index contributed by atoms with van der Waals surface area (Å²) in [5.74, 6) is -2.53. The van der Waals surface area contributed by atoms with Gasteiger partial charge in [0.15, 0.2) is 22.4 Å². The molecule has 0 aromatic carbocycles. The molecule has 8 N–H and O–H groups in total. The van der Waals surface area contributed by atoms with Crippen LogP contribution in [-0.4, -0.2) is 475 Å². The Morgan fingerprint density at radius 3 is 0.537 bits per heavy atom. The van der Waals surface area contributed by atoms with Crippen LogP contribution in [0.15, 0.2) is 0 Å². The first-order valence-electron chi connectivity index (χ1n) is 45.1. The van der Waals surface area contributed by atoms with Crippen molar-refractivity contribution in [2.45, 2.75) is 221 Å². The Balaban J connectivity index is -0.000000421. The second kappa shape index (κ2) is 90.8. The molecule has 0 aliphatic carbocycles. The highest BCUT2D eigenvalue weighted by atomic mass is 16.8. The van der Waals surface area contributed by atoms with Gasteiger partial charge >= 0.3 is 97.7 Å². The van der Waals surface area contributed by atoms with E-state index in [0.29, 0.717) is 0 Å². The van der Waals surface area contributed by atoms with Crippen molar-refractivity contribution in [1.29, 1.82) is 0 Å². The highest BCUT2D eigenvalue weighted by Crippen LogP contribution is 2.17. The van der Waals surface area contributed by atoms with Gasteiger partial charge in [-0.2, -0.15) is 0 Å². The summed E-state index contributed by atoms with van der Waals surface area (Å²) in [6, 6.07) is 0. The Morgan fingerprint density at radius 2 is 0.327 bits per heavy atom. The molecule has 0 bridgehead atoms. The van der Waals surface area contributed by atoms with Crippen molar-refractivity contribution in [3.8, 4) is 0 Å². The summed E-state index contributed by atoms with van der Waals surface area (Å²) in [7, 11) is 5.96. The van der Waals surface area contributed by atoms with Crippen molar-refractivity contribution in [3.05, 3.63) is 0 Å². The maximum absolute atomic E-state index is 12.1. The van der Waals surface area contributed by atoms with Crippen LogP contribution in [0.2, 0.25) is 0 Å². The summed E-state index contributed by atoms with van der Waals surface area (Å²) in [6.07, 6.45) is -18.5. The molecule has 0 saturated heterocycles. The molecule has 0 radical (unpaired) electrons. The van der Waals surface area contributed by atoms with Gasteiger partial charge in [-0.15, -0.1) is 0 Å². The van der Waals surface area contributed by atoms with Crippen molar-refractivity contribution in [1.82, 2.24) is 0 Å². The van der Waals surface area contributed by atoms with E-state index in [-0.39, 0.29) is 236 Å². The van der Waals surface area contributed by atoms with E-state index in [1.54, 1.807) is 20.8 Å². The zero-order valence-corrected chi connectivity index (χ0v) is 87.5. The first-order valence-corrected chi connectivity index (χ1v) is 45.1. The fraction of sp³-hybridized carbons (Fsp3) is 0.816. The summed E-state index contributed by atoms with van der Waals surface area (Å²) in [5, 5.41) is 69.9. The highest BCUT2D eigenvalue weighted by molar-refractivity contribution is 5.80. The van der Waals surface area contributed by atoms with Gasteiger partial charge < -0.3 is 211 Å². The quantitative estimate of drug-likeness (QED) is 0.0243. The Hall–Kier alpha value is -11.5. The van der Waals surface area contributed by atoms with Gasteiger partial charge in [-0.25, -0.2) is 76.7 Å². The molecule has 147 heavy (non-hydrogen) atoms. The second-order valence-corrected chi connectivity index (χ2v) is 31.2. The van der Waals surface area contributed by atoms with Gasteiger partial charge in [0.2, 0.25) is 0 Å². The van der Waals surface area contributed by atoms with E-state index < -0.39 is 169 Å². The Kier molecular flexibility index (Phi) is 90.2. The average molecular weight is 2160 g/mol. The Labute approximate surface area is 850 Å². The minimum absolute atomic E-state index is 0.0758. The third-order valence-electron chi connectivity index (χ3n) is 15.0. The molecule has 0 heterocycles. The number of aliphatic hydroxyl groups excluding tert-OH is 8. The smallest absolute Gasteiger partial charge is 0.461 e. The van der Waals surface area contributed by atoms with Crippen molar-refractivity contribution in [3.63, 3.8) is 0 Å². The number of methoxy groups -OCH3 is 4.